The highest BCUT2D eigenvalue weighted by Gasteiger charge is 2.31. The van der Waals surface area contributed by atoms with E-state index < -0.39 is 7.92 Å². The molecule has 0 bridgehead atoms. The van der Waals surface area contributed by atoms with Crippen molar-refractivity contribution in [1.29, 1.82) is 0 Å². The van der Waals surface area contributed by atoms with Gasteiger partial charge in [-0.15, -0.1) is 0 Å². The molecule has 0 aromatic heterocycles. The molecule has 0 heterocycles. The largest absolute Gasteiger partial charge is 0.323 e. The zero-order valence-corrected chi connectivity index (χ0v) is 16.6. The SMILES string of the molecule is N[C@H](c1ccccc1)[C@H](c1ccccc1)P(c1ccccc1)c1ccccc1. The number of rotatable bonds is 6. The maximum atomic E-state index is 6.96. The van der Waals surface area contributed by atoms with Crippen molar-refractivity contribution in [1.82, 2.24) is 0 Å². The topological polar surface area (TPSA) is 26.0 Å². The zero-order chi connectivity index (χ0) is 19.2. The molecule has 0 radical (unpaired) electrons. The Balaban J connectivity index is 1.89. The average Bonchev–Trinajstić information content (AvgIpc) is 2.79. The maximum Gasteiger partial charge on any atom is 0.0410 e. The van der Waals surface area contributed by atoms with Gasteiger partial charge in [-0.1, -0.05) is 121 Å². The van der Waals surface area contributed by atoms with Crippen molar-refractivity contribution in [2.24, 2.45) is 5.73 Å². The Kier molecular flexibility index (Phi) is 5.97. The number of nitrogens with two attached hydrogens (primary N) is 1. The third-order valence-electron chi connectivity index (χ3n) is 5.01. The van der Waals surface area contributed by atoms with Gasteiger partial charge >= 0.3 is 0 Å². The molecule has 4 rings (SSSR count). The zero-order valence-electron chi connectivity index (χ0n) is 15.7. The van der Waals surface area contributed by atoms with Crippen molar-refractivity contribution in [2.45, 2.75) is 11.7 Å². The molecule has 2 heteroatoms. The lowest BCUT2D eigenvalue weighted by Crippen LogP contribution is -2.26. The summed E-state index contributed by atoms with van der Waals surface area (Å²) in [5.74, 6) is 0. The van der Waals surface area contributed by atoms with Gasteiger partial charge in [0.05, 0.1) is 0 Å². The third kappa shape index (κ3) is 4.07. The van der Waals surface area contributed by atoms with Crippen LogP contribution in [-0.2, 0) is 0 Å². The van der Waals surface area contributed by atoms with Crippen LogP contribution in [0.3, 0.4) is 0 Å². The van der Waals surface area contributed by atoms with Gasteiger partial charge in [0.1, 0.15) is 0 Å². The van der Waals surface area contributed by atoms with Crippen LogP contribution in [0.4, 0.5) is 0 Å². The second-order valence-corrected chi connectivity index (χ2v) is 9.16. The summed E-state index contributed by atoms with van der Waals surface area (Å²) in [6.07, 6.45) is 0. The molecule has 0 aliphatic heterocycles. The summed E-state index contributed by atoms with van der Waals surface area (Å²) in [6.45, 7) is 0. The lowest BCUT2D eigenvalue weighted by atomic mass is 9.99. The molecule has 2 N–H and O–H groups in total. The van der Waals surface area contributed by atoms with Crippen molar-refractivity contribution in [3.05, 3.63) is 132 Å². The smallest absolute Gasteiger partial charge is 0.0410 e. The Morgan fingerprint density at radius 3 is 1.25 bits per heavy atom. The van der Waals surface area contributed by atoms with E-state index in [1.807, 2.05) is 6.07 Å². The van der Waals surface area contributed by atoms with E-state index in [1.165, 1.54) is 21.7 Å². The predicted octanol–water partition coefficient (Wildman–Crippen LogP) is 5.56. The van der Waals surface area contributed by atoms with Crippen LogP contribution in [0, 0.1) is 0 Å². The van der Waals surface area contributed by atoms with Gasteiger partial charge in [-0.3, -0.25) is 0 Å². The van der Waals surface area contributed by atoms with Crippen LogP contribution in [0.2, 0.25) is 0 Å². The highest BCUT2D eigenvalue weighted by Crippen LogP contribution is 2.54. The predicted molar refractivity (Wildman–Crippen MR) is 122 cm³/mol. The fourth-order valence-electron chi connectivity index (χ4n) is 3.67. The van der Waals surface area contributed by atoms with Crippen molar-refractivity contribution >= 4 is 18.5 Å². The first-order valence-electron chi connectivity index (χ1n) is 9.59. The van der Waals surface area contributed by atoms with E-state index in [9.17, 15) is 0 Å². The van der Waals surface area contributed by atoms with Gasteiger partial charge in [-0.25, -0.2) is 0 Å². The van der Waals surface area contributed by atoms with E-state index in [0.29, 0.717) is 0 Å². The molecule has 0 fully saturated rings. The molecule has 0 spiro atoms. The van der Waals surface area contributed by atoms with Gasteiger partial charge in [-0.2, -0.15) is 0 Å². The minimum Gasteiger partial charge on any atom is -0.323 e. The molecule has 4 aromatic rings. The standard InChI is InChI=1S/C26H24NP/c27-25(21-13-5-1-6-14-21)26(22-15-7-2-8-16-22)28(23-17-9-3-10-18-23)24-19-11-4-12-20-24/h1-20,25-26H,27H2/t25-,26+/m1/s1. The van der Waals surface area contributed by atoms with Crippen molar-refractivity contribution < 1.29 is 0 Å². The molecule has 2 atom stereocenters. The minimum atomic E-state index is -0.679. The van der Waals surface area contributed by atoms with Crippen LogP contribution in [0.1, 0.15) is 22.8 Å². The molecule has 28 heavy (non-hydrogen) atoms. The van der Waals surface area contributed by atoms with Crippen LogP contribution < -0.4 is 16.3 Å². The molecule has 0 unspecified atom stereocenters. The Bertz CT molecular complexity index is 932. The molecular weight excluding hydrogens is 357 g/mol. The van der Waals surface area contributed by atoms with E-state index in [0.717, 1.165) is 0 Å². The van der Waals surface area contributed by atoms with Crippen LogP contribution in [0.15, 0.2) is 121 Å². The molecule has 1 nitrogen and oxygen atoms in total. The fraction of sp³-hybridized carbons (Fsp3) is 0.0769. The molecule has 4 aromatic carbocycles. The molecule has 138 valence electrons. The summed E-state index contributed by atoms with van der Waals surface area (Å²) < 4.78 is 0. The van der Waals surface area contributed by atoms with Gasteiger partial charge < -0.3 is 5.73 Å². The summed E-state index contributed by atoms with van der Waals surface area (Å²) in [7, 11) is -0.679. The van der Waals surface area contributed by atoms with E-state index in [-0.39, 0.29) is 11.7 Å². The van der Waals surface area contributed by atoms with Gasteiger partial charge in [0.15, 0.2) is 0 Å². The van der Waals surface area contributed by atoms with Gasteiger partial charge in [0.25, 0.3) is 0 Å². The maximum absolute atomic E-state index is 6.96. The second-order valence-electron chi connectivity index (χ2n) is 6.83. The summed E-state index contributed by atoms with van der Waals surface area (Å²) in [5.41, 5.74) is 9.61. The molecule has 0 saturated heterocycles. The van der Waals surface area contributed by atoms with Crippen LogP contribution >= 0.6 is 7.92 Å². The van der Waals surface area contributed by atoms with Crippen molar-refractivity contribution in [2.75, 3.05) is 0 Å². The fourth-order valence-corrected chi connectivity index (χ4v) is 6.56. The van der Waals surface area contributed by atoms with Crippen molar-refractivity contribution in [3.8, 4) is 0 Å². The molecule has 0 saturated carbocycles. The first kappa shape index (κ1) is 18.6. The van der Waals surface area contributed by atoms with Crippen LogP contribution in [-0.4, -0.2) is 0 Å². The van der Waals surface area contributed by atoms with E-state index >= 15 is 0 Å². The van der Waals surface area contributed by atoms with E-state index in [2.05, 4.69) is 115 Å². The molecular formula is C26H24NP. The van der Waals surface area contributed by atoms with Gasteiger partial charge in [0, 0.05) is 11.7 Å². The van der Waals surface area contributed by atoms with E-state index in [1.54, 1.807) is 0 Å². The lowest BCUT2D eigenvalue weighted by molar-refractivity contribution is 0.700. The van der Waals surface area contributed by atoms with Gasteiger partial charge in [0.2, 0.25) is 0 Å². The average molecular weight is 381 g/mol. The van der Waals surface area contributed by atoms with Crippen LogP contribution in [0.5, 0.6) is 0 Å². The highest BCUT2D eigenvalue weighted by molar-refractivity contribution is 7.73. The summed E-state index contributed by atoms with van der Waals surface area (Å²) in [5, 5.41) is 2.70. The number of benzene rings is 4. The van der Waals surface area contributed by atoms with Crippen LogP contribution in [0.25, 0.3) is 0 Å². The third-order valence-corrected chi connectivity index (χ3v) is 7.90. The minimum absolute atomic E-state index is 0.0878. The molecule has 0 aliphatic carbocycles. The van der Waals surface area contributed by atoms with Gasteiger partial charge in [-0.05, 0) is 29.7 Å². The molecule has 0 amide bonds. The quantitative estimate of drug-likeness (QED) is 0.435. The normalized spacial score (nSPS) is 13.2. The summed E-state index contributed by atoms with van der Waals surface area (Å²) in [6, 6.07) is 42.8. The Morgan fingerprint density at radius 2 is 0.821 bits per heavy atom. The van der Waals surface area contributed by atoms with Crippen molar-refractivity contribution in [3.63, 3.8) is 0 Å². The van der Waals surface area contributed by atoms with E-state index in [4.69, 9.17) is 5.73 Å². The highest BCUT2D eigenvalue weighted by atomic mass is 31.1. The monoisotopic (exact) mass is 381 g/mol. The Hall–Kier alpha value is -2.73. The number of hydrogen-bond donors (Lipinski definition) is 1. The molecule has 0 aliphatic rings. The summed E-state index contributed by atoms with van der Waals surface area (Å²) >= 11 is 0. The second kappa shape index (κ2) is 8.97. The Labute approximate surface area is 168 Å². The lowest BCUT2D eigenvalue weighted by Gasteiger charge is -2.34. The Morgan fingerprint density at radius 1 is 0.464 bits per heavy atom. The first-order chi connectivity index (χ1) is 13.8. The number of hydrogen-bond acceptors (Lipinski definition) is 1. The summed E-state index contributed by atoms with van der Waals surface area (Å²) in [4.78, 5) is 0. The first-order valence-corrected chi connectivity index (χ1v) is 11.0.